The lowest BCUT2D eigenvalue weighted by Crippen LogP contribution is -2.20. The summed E-state index contributed by atoms with van der Waals surface area (Å²) in [5.74, 6) is 1.82. The van der Waals surface area contributed by atoms with Gasteiger partial charge >= 0.3 is 0 Å². The van der Waals surface area contributed by atoms with Crippen molar-refractivity contribution in [3.63, 3.8) is 0 Å². The molecule has 1 N–H and O–H groups in total. The molecule has 0 atom stereocenters. The minimum Gasteiger partial charge on any atom is -0.493 e. The molecule has 1 heterocycles. The summed E-state index contributed by atoms with van der Waals surface area (Å²) in [6, 6.07) is 12.0. The van der Waals surface area contributed by atoms with Crippen LogP contribution in [0.25, 0.3) is 0 Å². The lowest BCUT2D eigenvalue weighted by molar-refractivity contribution is -0.385. The van der Waals surface area contributed by atoms with Gasteiger partial charge in [0.1, 0.15) is 12.4 Å². The highest BCUT2D eigenvalue weighted by Crippen LogP contribution is 2.33. The van der Waals surface area contributed by atoms with Gasteiger partial charge in [-0.05, 0) is 18.2 Å². The molecule has 3 rings (SSSR count). The average molecular weight is 327 g/mol. The first-order valence-electron chi connectivity index (χ1n) is 7.51. The van der Waals surface area contributed by atoms with Crippen molar-refractivity contribution in [2.24, 2.45) is 4.99 Å². The lowest BCUT2D eigenvalue weighted by atomic mass is 10.1. The van der Waals surface area contributed by atoms with E-state index < -0.39 is 4.92 Å². The van der Waals surface area contributed by atoms with Crippen LogP contribution in [0.3, 0.4) is 0 Å². The molecule has 0 saturated carbocycles. The number of rotatable bonds is 6. The van der Waals surface area contributed by atoms with E-state index in [0.717, 1.165) is 17.9 Å². The van der Waals surface area contributed by atoms with Crippen molar-refractivity contribution in [1.82, 2.24) is 5.32 Å². The zero-order valence-corrected chi connectivity index (χ0v) is 13.2. The van der Waals surface area contributed by atoms with Crippen molar-refractivity contribution in [2.75, 3.05) is 20.2 Å². The number of benzene rings is 2. The Morgan fingerprint density at radius 2 is 2.08 bits per heavy atom. The molecule has 0 saturated heterocycles. The highest BCUT2D eigenvalue weighted by molar-refractivity contribution is 6.02. The molecule has 0 bridgehead atoms. The Balaban J connectivity index is 1.91. The molecule has 24 heavy (non-hydrogen) atoms. The number of nitro benzene ring substituents is 1. The van der Waals surface area contributed by atoms with E-state index in [0.29, 0.717) is 23.6 Å². The minimum absolute atomic E-state index is 0.0327. The molecule has 0 aliphatic carbocycles. The van der Waals surface area contributed by atoms with Gasteiger partial charge in [0.2, 0.25) is 0 Å². The van der Waals surface area contributed by atoms with Crippen molar-refractivity contribution in [1.29, 1.82) is 0 Å². The predicted molar refractivity (Wildman–Crippen MR) is 89.8 cm³/mol. The Kier molecular flexibility index (Phi) is 4.60. The van der Waals surface area contributed by atoms with E-state index in [1.807, 2.05) is 12.1 Å². The Hall–Kier alpha value is -3.09. The second-order valence-corrected chi connectivity index (χ2v) is 5.17. The summed E-state index contributed by atoms with van der Waals surface area (Å²) < 4.78 is 11.3. The molecular weight excluding hydrogens is 310 g/mol. The summed E-state index contributed by atoms with van der Waals surface area (Å²) in [7, 11) is 1.56. The molecule has 0 radical (unpaired) electrons. The quantitative estimate of drug-likeness (QED) is 0.651. The normalized spacial score (nSPS) is 13.1. The van der Waals surface area contributed by atoms with Crippen LogP contribution in [-0.2, 0) is 6.61 Å². The van der Waals surface area contributed by atoms with Gasteiger partial charge in [0.25, 0.3) is 5.69 Å². The van der Waals surface area contributed by atoms with E-state index in [-0.39, 0.29) is 12.3 Å². The maximum absolute atomic E-state index is 11.1. The van der Waals surface area contributed by atoms with Gasteiger partial charge in [0.05, 0.1) is 29.7 Å². The van der Waals surface area contributed by atoms with E-state index in [9.17, 15) is 10.1 Å². The number of methoxy groups -OCH3 is 1. The first-order valence-corrected chi connectivity index (χ1v) is 7.51. The van der Waals surface area contributed by atoms with Gasteiger partial charge in [0, 0.05) is 12.6 Å². The number of nitrogens with one attached hydrogen (secondary N) is 1. The first-order chi connectivity index (χ1) is 11.7. The fraction of sp³-hybridized carbons (Fsp3) is 0.235. The molecule has 7 heteroatoms. The van der Waals surface area contributed by atoms with Crippen molar-refractivity contribution in [2.45, 2.75) is 6.61 Å². The molecule has 1 aliphatic rings. The standard InChI is InChI=1S/C17H17N3O4/c1-23-15-8-4-6-13(17-18-9-10-19-17)16(15)24-11-12-5-2-3-7-14(12)20(21)22/h2-8H,9-11H2,1H3,(H,18,19). The third-order valence-electron chi connectivity index (χ3n) is 3.69. The van der Waals surface area contributed by atoms with Crippen LogP contribution < -0.4 is 14.8 Å². The van der Waals surface area contributed by atoms with Crippen molar-refractivity contribution < 1.29 is 14.4 Å². The van der Waals surface area contributed by atoms with Crippen LogP contribution in [-0.4, -0.2) is 31.0 Å². The second kappa shape index (κ2) is 6.99. The van der Waals surface area contributed by atoms with E-state index in [4.69, 9.17) is 9.47 Å². The van der Waals surface area contributed by atoms with Gasteiger partial charge in [-0.2, -0.15) is 0 Å². The Labute approximate surface area is 139 Å². The summed E-state index contributed by atoms with van der Waals surface area (Å²) in [6.45, 7) is 1.55. The van der Waals surface area contributed by atoms with Crippen LogP contribution in [0, 0.1) is 10.1 Å². The molecule has 0 aromatic heterocycles. The third kappa shape index (κ3) is 3.15. The van der Waals surface area contributed by atoms with E-state index in [1.165, 1.54) is 6.07 Å². The van der Waals surface area contributed by atoms with Crippen molar-refractivity contribution >= 4 is 11.5 Å². The summed E-state index contributed by atoms with van der Waals surface area (Å²) in [5.41, 5.74) is 1.32. The minimum atomic E-state index is -0.412. The molecule has 2 aromatic carbocycles. The van der Waals surface area contributed by atoms with Gasteiger partial charge in [-0.1, -0.05) is 18.2 Å². The molecule has 0 fully saturated rings. The first kappa shape index (κ1) is 15.8. The Bertz CT molecular complexity index is 789. The Morgan fingerprint density at radius 3 is 2.79 bits per heavy atom. The van der Waals surface area contributed by atoms with Crippen LogP contribution >= 0.6 is 0 Å². The summed E-state index contributed by atoms with van der Waals surface area (Å²) in [6.07, 6.45) is 0. The zero-order chi connectivity index (χ0) is 16.9. The monoisotopic (exact) mass is 327 g/mol. The molecule has 2 aromatic rings. The number of hydrogen-bond acceptors (Lipinski definition) is 6. The fourth-order valence-electron chi connectivity index (χ4n) is 2.55. The Morgan fingerprint density at radius 1 is 1.25 bits per heavy atom. The highest BCUT2D eigenvalue weighted by atomic mass is 16.6. The highest BCUT2D eigenvalue weighted by Gasteiger charge is 2.19. The zero-order valence-electron chi connectivity index (χ0n) is 13.2. The largest absolute Gasteiger partial charge is 0.493 e. The van der Waals surface area contributed by atoms with Gasteiger partial charge < -0.3 is 14.8 Å². The number of nitro groups is 1. The van der Waals surface area contributed by atoms with Crippen LogP contribution in [0.1, 0.15) is 11.1 Å². The molecule has 124 valence electrons. The van der Waals surface area contributed by atoms with Gasteiger partial charge in [-0.3, -0.25) is 15.1 Å². The van der Waals surface area contributed by atoms with Crippen molar-refractivity contribution in [3.8, 4) is 11.5 Å². The number of aliphatic imine (C=N–C) groups is 1. The maximum Gasteiger partial charge on any atom is 0.276 e. The average Bonchev–Trinajstić information content (AvgIpc) is 3.14. The molecule has 0 unspecified atom stereocenters. The van der Waals surface area contributed by atoms with Crippen molar-refractivity contribution in [3.05, 3.63) is 63.7 Å². The molecule has 0 amide bonds. The summed E-state index contributed by atoms with van der Waals surface area (Å²) in [4.78, 5) is 15.1. The third-order valence-corrected chi connectivity index (χ3v) is 3.69. The SMILES string of the molecule is COc1cccc(C2=NCCN2)c1OCc1ccccc1[N+](=O)[O-]. The molecule has 0 spiro atoms. The predicted octanol–water partition coefficient (Wildman–Crippen LogP) is 2.53. The summed E-state index contributed by atoms with van der Waals surface area (Å²) >= 11 is 0. The van der Waals surface area contributed by atoms with Crippen LogP contribution in [0.15, 0.2) is 47.5 Å². The van der Waals surface area contributed by atoms with E-state index in [2.05, 4.69) is 10.3 Å². The molecule has 1 aliphatic heterocycles. The topological polar surface area (TPSA) is 86.0 Å². The number of amidine groups is 1. The molecule has 7 nitrogen and oxygen atoms in total. The lowest BCUT2D eigenvalue weighted by Gasteiger charge is -2.15. The number of para-hydroxylation sites is 2. The number of nitrogens with zero attached hydrogens (tertiary/aromatic N) is 2. The van der Waals surface area contributed by atoms with Crippen LogP contribution in [0.2, 0.25) is 0 Å². The van der Waals surface area contributed by atoms with Crippen LogP contribution in [0.5, 0.6) is 11.5 Å². The molecular formula is C17H17N3O4. The van der Waals surface area contributed by atoms with Gasteiger partial charge in [-0.15, -0.1) is 0 Å². The maximum atomic E-state index is 11.1. The van der Waals surface area contributed by atoms with Crippen LogP contribution in [0.4, 0.5) is 5.69 Å². The smallest absolute Gasteiger partial charge is 0.276 e. The van der Waals surface area contributed by atoms with E-state index in [1.54, 1.807) is 31.4 Å². The fourth-order valence-corrected chi connectivity index (χ4v) is 2.55. The van der Waals surface area contributed by atoms with E-state index >= 15 is 0 Å². The van der Waals surface area contributed by atoms with Gasteiger partial charge in [-0.25, -0.2) is 0 Å². The van der Waals surface area contributed by atoms with Gasteiger partial charge in [0.15, 0.2) is 11.5 Å². The number of ether oxygens (including phenoxy) is 2. The summed E-state index contributed by atoms with van der Waals surface area (Å²) in [5, 5.41) is 14.3. The second-order valence-electron chi connectivity index (χ2n) is 5.17. The number of hydrogen-bond donors (Lipinski definition) is 1.